The van der Waals surface area contributed by atoms with Crippen LogP contribution in [0.3, 0.4) is 0 Å². The summed E-state index contributed by atoms with van der Waals surface area (Å²) < 4.78 is 16.6. The van der Waals surface area contributed by atoms with Crippen molar-refractivity contribution in [3.05, 3.63) is 69.3 Å². The maximum Gasteiger partial charge on any atom is 0.329 e. The highest BCUT2D eigenvalue weighted by atomic mass is 16.6. The van der Waals surface area contributed by atoms with Crippen molar-refractivity contribution in [2.24, 2.45) is 0 Å². The number of carbonyl (C=O) groups is 5. The quantitative estimate of drug-likeness (QED) is 0.113. The number of nitrogens with one attached hydrogen (secondary N) is 2. The van der Waals surface area contributed by atoms with E-state index in [0.717, 1.165) is 29.7 Å². The van der Waals surface area contributed by atoms with Crippen LogP contribution in [0.4, 0.5) is 5.69 Å². The van der Waals surface area contributed by atoms with Gasteiger partial charge >= 0.3 is 17.9 Å². The van der Waals surface area contributed by atoms with E-state index in [0.29, 0.717) is 16.7 Å². The lowest BCUT2D eigenvalue weighted by Gasteiger charge is -2.31. The Morgan fingerprint density at radius 1 is 0.898 bits per heavy atom. The predicted octanol–water partition coefficient (Wildman–Crippen LogP) is 5.87. The number of carbonyl (C=O) groups excluding carboxylic acids is 5. The van der Waals surface area contributed by atoms with Gasteiger partial charge in [-0.05, 0) is 142 Å². The molecule has 0 radical (unpaired) electrons. The van der Waals surface area contributed by atoms with Gasteiger partial charge in [0.25, 0.3) is 11.5 Å². The Morgan fingerprint density at radius 2 is 1.51 bits per heavy atom. The van der Waals surface area contributed by atoms with Gasteiger partial charge < -0.3 is 34.3 Å². The molecule has 318 valence electrons. The summed E-state index contributed by atoms with van der Waals surface area (Å²) in [5.74, 6) is 0.253. The number of hydrogen-bond donors (Lipinski definition) is 2. The third-order valence-corrected chi connectivity index (χ3v) is 9.46. The van der Waals surface area contributed by atoms with Crippen molar-refractivity contribution in [1.82, 2.24) is 20.2 Å². The molecule has 0 bridgehead atoms. The molecular weight excluding hydrogens is 755 g/mol. The number of anilines is 1. The normalized spacial score (nSPS) is 15.0. The Kier molecular flexibility index (Phi) is 14.4. The summed E-state index contributed by atoms with van der Waals surface area (Å²) in [5.41, 5.74) is 1.06. The SMILES string of the molecule is C#CCN(c1ccc(C(=O)N[C@@H](CCC(=O)N(C)[C@H](CCC(=O)OC(C)(C)C)C(=O)OC(C)(C)C)C(=O)OC(C)(C)C)cc1)C1CCc2cc3nc(C)[nH]c(=O)c3cc21. The lowest BCUT2D eigenvalue weighted by molar-refractivity contribution is -0.166. The van der Waals surface area contributed by atoms with Crippen molar-refractivity contribution < 1.29 is 38.2 Å². The smallest absolute Gasteiger partial charge is 0.329 e. The number of esters is 3. The minimum Gasteiger partial charge on any atom is -0.460 e. The number of fused-ring (bicyclic) bond motifs is 2. The fraction of sp³-hybridized carbons (Fsp3) is 0.533. The molecule has 0 saturated heterocycles. The second-order valence-electron chi connectivity index (χ2n) is 17.9. The van der Waals surface area contributed by atoms with Gasteiger partial charge in [-0.15, -0.1) is 6.42 Å². The Hall–Kier alpha value is -5.71. The van der Waals surface area contributed by atoms with E-state index in [1.165, 1.54) is 11.9 Å². The standard InChI is InChI=1S/C45H59N5O9/c1-13-24-50(35-20-16-29-25-34-32(26-31(29)35)40(54)47-27(2)46-34)30-17-14-28(15-18-30)39(53)48-33(41(55)58-44(6,7)8)19-22-37(51)49(12)36(42(56)59-45(9,10)11)21-23-38(52)57-43(3,4)5/h1,14-15,17-18,25-26,33,35-36H,16,19-24H2,2-12H3,(H,48,53)(H,46,47,54)/t33-,35?,36+/m0/s1. The van der Waals surface area contributed by atoms with Crippen LogP contribution in [0, 0.1) is 19.3 Å². The zero-order valence-electron chi connectivity index (χ0n) is 36.2. The van der Waals surface area contributed by atoms with Crippen LogP contribution in [-0.2, 0) is 39.8 Å². The molecule has 0 spiro atoms. The van der Waals surface area contributed by atoms with Crippen LogP contribution >= 0.6 is 0 Å². The molecule has 1 heterocycles. The van der Waals surface area contributed by atoms with Gasteiger partial charge in [0.2, 0.25) is 5.91 Å². The second kappa shape index (κ2) is 18.5. The number of amides is 2. The van der Waals surface area contributed by atoms with E-state index in [1.54, 1.807) is 93.5 Å². The highest BCUT2D eigenvalue weighted by Crippen LogP contribution is 2.39. The number of hydrogen-bond acceptors (Lipinski definition) is 11. The fourth-order valence-electron chi connectivity index (χ4n) is 6.91. The number of benzene rings is 2. The summed E-state index contributed by atoms with van der Waals surface area (Å²) in [6, 6.07) is 8.21. The van der Waals surface area contributed by atoms with Crippen LogP contribution in [0.25, 0.3) is 10.9 Å². The van der Waals surface area contributed by atoms with E-state index in [-0.39, 0.29) is 49.4 Å². The number of rotatable bonds is 14. The molecule has 0 aliphatic heterocycles. The van der Waals surface area contributed by atoms with E-state index < -0.39 is 58.6 Å². The minimum absolute atomic E-state index is 0.0474. The van der Waals surface area contributed by atoms with Gasteiger partial charge in [0.1, 0.15) is 34.7 Å². The zero-order chi connectivity index (χ0) is 44.0. The zero-order valence-corrected chi connectivity index (χ0v) is 36.2. The van der Waals surface area contributed by atoms with Gasteiger partial charge in [-0.3, -0.25) is 19.2 Å². The molecule has 1 aliphatic rings. The van der Waals surface area contributed by atoms with E-state index in [2.05, 4.69) is 26.1 Å². The molecule has 1 unspecified atom stereocenters. The molecule has 3 atom stereocenters. The van der Waals surface area contributed by atoms with Crippen LogP contribution in [-0.4, -0.2) is 87.1 Å². The minimum atomic E-state index is -1.22. The van der Waals surface area contributed by atoms with Crippen LogP contribution in [0.2, 0.25) is 0 Å². The first-order chi connectivity index (χ1) is 27.4. The molecule has 0 saturated carbocycles. The molecule has 3 aromatic rings. The first-order valence-electron chi connectivity index (χ1n) is 19.9. The van der Waals surface area contributed by atoms with Gasteiger partial charge in [-0.2, -0.15) is 0 Å². The van der Waals surface area contributed by atoms with Crippen LogP contribution in [0.15, 0.2) is 41.2 Å². The molecule has 1 aliphatic carbocycles. The van der Waals surface area contributed by atoms with Crippen LogP contribution < -0.4 is 15.8 Å². The molecule has 0 fully saturated rings. The van der Waals surface area contributed by atoms with E-state index >= 15 is 0 Å². The maximum absolute atomic E-state index is 13.7. The summed E-state index contributed by atoms with van der Waals surface area (Å²) >= 11 is 0. The number of aryl methyl sites for hydroxylation is 2. The van der Waals surface area contributed by atoms with Gasteiger partial charge in [-0.1, -0.05) is 5.92 Å². The van der Waals surface area contributed by atoms with Crippen molar-refractivity contribution in [3.63, 3.8) is 0 Å². The largest absolute Gasteiger partial charge is 0.460 e. The van der Waals surface area contributed by atoms with E-state index in [9.17, 15) is 28.8 Å². The second-order valence-corrected chi connectivity index (χ2v) is 17.9. The number of ether oxygens (including phenoxy) is 3. The highest BCUT2D eigenvalue weighted by molar-refractivity contribution is 5.97. The molecule has 4 rings (SSSR count). The van der Waals surface area contributed by atoms with Gasteiger partial charge in [0.15, 0.2) is 0 Å². The number of aromatic nitrogens is 2. The summed E-state index contributed by atoms with van der Waals surface area (Å²) in [4.78, 5) is 89.9. The lowest BCUT2D eigenvalue weighted by atomic mass is 10.0. The molecule has 2 amide bonds. The molecule has 1 aromatic heterocycles. The first-order valence-corrected chi connectivity index (χ1v) is 19.9. The Balaban J connectivity index is 1.51. The molecule has 59 heavy (non-hydrogen) atoms. The number of likely N-dealkylation sites (N-methyl/N-ethyl adjacent to an activating group) is 1. The average molecular weight is 814 g/mol. The van der Waals surface area contributed by atoms with Crippen molar-refractivity contribution in [2.45, 2.75) is 143 Å². The van der Waals surface area contributed by atoms with Crippen molar-refractivity contribution in [2.75, 3.05) is 18.5 Å². The lowest BCUT2D eigenvalue weighted by Crippen LogP contribution is -2.47. The van der Waals surface area contributed by atoms with E-state index in [1.807, 2.05) is 12.1 Å². The first kappa shape index (κ1) is 46.0. The van der Waals surface area contributed by atoms with E-state index in [4.69, 9.17) is 20.6 Å². The Labute approximate surface area is 346 Å². The van der Waals surface area contributed by atoms with Crippen molar-refractivity contribution in [3.8, 4) is 12.3 Å². The van der Waals surface area contributed by atoms with Crippen LogP contribution in [0.5, 0.6) is 0 Å². The highest BCUT2D eigenvalue weighted by Gasteiger charge is 2.34. The molecular formula is C45H59N5O9. The third-order valence-electron chi connectivity index (χ3n) is 9.46. The summed E-state index contributed by atoms with van der Waals surface area (Å²) in [5, 5.41) is 3.24. The van der Waals surface area contributed by atoms with Gasteiger partial charge in [0.05, 0.1) is 23.5 Å². The third kappa shape index (κ3) is 12.9. The number of terminal acetylenes is 1. The predicted molar refractivity (Wildman–Crippen MR) is 225 cm³/mol. The number of nitrogens with zero attached hydrogens (tertiary/aromatic N) is 3. The van der Waals surface area contributed by atoms with Crippen LogP contribution in [0.1, 0.15) is 128 Å². The Morgan fingerprint density at radius 3 is 2.10 bits per heavy atom. The summed E-state index contributed by atoms with van der Waals surface area (Å²) in [6.07, 6.45) is 6.80. The Bertz CT molecular complexity index is 2150. The van der Waals surface area contributed by atoms with Gasteiger partial charge in [0, 0.05) is 31.1 Å². The topological polar surface area (TPSA) is 177 Å². The number of H-pyrrole nitrogens is 1. The molecule has 2 aromatic carbocycles. The summed E-state index contributed by atoms with van der Waals surface area (Å²) in [7, 11) is 1.43. The maximum atomic E-state index is 13.7. The van der Waals surface area contributed by atoms with Gasteiger partial charge in [-0.25, -0.2) is 14.6 Å². The van der Waals surface area contributed by atoms with Crippen molar-refractivity contribution >= 4 is 46.3 Å². The molecule has 14 nitrogen and oxygen atoms in total. The molecule has 2 N–H and O–H groups in total. The summed E-state index contributed by atoms with van der Waals surface area (Å²) in [6.45, 7) is 17.4. The number of aromatic amines is 1. The molecule has 14 heteroatoms. The fourth-order valence-corrected chi connectivity index (χ4v) is 6.91. The average Bonchev–Trinajstić information content (AvgIpc) is 3.51. The van der Waals surface area contributed by atoms with Crippen molar-refractivity contribution in [1.29, 1.82) is 0 Å². The monoisotopic (exact) mass is 813 g/mol.